The smallest absolute Gasteiger partial charge is 0.227 e. The maximum absolute atomic E-state index is 13.1. The number of nitrogens with zero attached hydrogens (tertiary/aromatic N) is 1. The van der Waals surface area contributed by atoms with Gasteiger partial charge in [-0.1, -0.05) is 17.7 Å². The van der Waals surface area contributed by atoms with Gasteiger partial charge in [0.15, 0.2) is 0 Å². The first kappa shape index (κ1) is 16.0. The average molecular weight is 394 g/mol. The van der Waals surface area contributed by atoms with Crippen molar-refractivity contribution >= 4 is 26.0 Å². The summed E-state index contributed by atoms with van der Waals surface area (Å²) in [5.74, 6) is -0.368. The molecule has 0 amide bonds. The molecule has 0 aliphatic rings. The lowest BCUT2D eigenvalue weighted by Crippen LogP contribution is -2.14. The van der Waals surface area contributed by atoms with Crippen LogP contribution in [0.3, 0.4) is 0 Å². The number of aromatic nitrogens is 1. The fourth-order valence-corrected chi connectivity index (χ4v) is 4.59. The summed E-state index contributed by atoms with van der Waals surface area (Å²) in [6, 6.07) is 15.7. The average Bonchev–Trinajstić information content (AvgIpc) is 2.91. The largest absolute Gasteiger partial charge is 0.269 e. The second-order valence-corrected chi connectivity index (χ2v) is 7.73. The third kappa shape index (κ3) is 2.96. The summed E-state index contributed by atoms with van der Waals surface area (Å²) in [6.45, 7) is 1.89. The quantitative estimate of drug-likeness (QED) is 0.651. The Morgan fingerprint density at radius 2 is 1.52 bits per heavy atom. The summed E-state index contributed by atoms with van der Waals surface area (Å²) in [5.41, 5.74) is 2.07. The van der Waals surface area contributed by atoms with Gasteiger partial charge in [-0.3, -0.25) is 0 Å². The highest BCUT2D eigenvalue weighted by Gasteiger charge is 2.23. The Balaban J connectivity index is 2.18. The van der Waals surface area contributed by atoms with Crippen LogP contribution in [0.15, 0.2) is 70.2 Å². The van der Waals surface area contributed by atoms with Crippen molar-refractivity contribution in [2.45, 2.75) is 11.8 Å². The van der Waals surface area contributed by atoms with Gasteiger partial charge in [0.25, 0.3) is 10.0 Å². The summed E-state index contributed by atoms with van der Waals surface area (Å²) in [4.78, 5) is 0.198. The summed E-state index contributed by atoms with van der Waals surface area (Å²) >= 11 is 3.29. The van der Waals surface area contributed by atoms with E-state index in [2.05, 4.69) is 15.9 Å². The molecule has 0 saturated heterocycles. The monoisotopic (exact) mass is 393 g/mol. The van der Waals surface area contributed by atoms with E-state index >= 15 is 0 Å². The normalized spacial score (nSPS) is 11.6. The third-order valence-electron chi connectivity index (χ3n) is 3.49. The number of benzene rings is 2. The lowest BCUT2D eigenvalue weighted by atomic mass is 10.1. The first-order valence-corrected chi connectivity index (χ1v) is 9.08. The summed E-state index contributed by atoms with van der Waals surface area (Å²) in [6.07, 6.45) is 0. The van der Waals surface area contributed by atoms with Gasteiger partial charge in [-0.2, -0.15) is 0 Å². The number of hydrogen-bond donors (Lipinski definition) is 0. The zero-order valence-corrected chi connectivity index (χ0v) is 14.6. The van der Waals surface area contributed by atoms with Gasteiger partial charge in [0, 0.05) is 0 Å². The van der Waals surface area contributed by atoms with Crippen LogP contribution in [0, 0.1) is 12.7 Å². The topological polar surface area (TPSA) is 39.1 Å². The van der Waals surface area contributed by atoms with E-state index in [9.17, 15) is 12.8 Å². The molecule has 0 bridgehead atoms. The highest BCUT2D eigenvalue weighted by molar-refractivity contribution is 9.10. The summed E-state index contributed by atoms with van der Waals surface area (Å²) in [7, 11) is -3.76. The molecule has 0 radical (unpaired) electrons. The molecule has 6 heteroatoms. The van der Waals surface area contributed by atoms with E-state index < -0.39 is 10.0 Å². The van der Waals surface area contributed by atoms with Crippen LogP contribution in [0.2, 0.25) is 0 Å². The van der Waals surface area contributed by atoms with Crippen molar-refractivity contribution in [2.75, 3.05) is 0 Å². The molecule has 0 unspecified atom stereocenters. The van der Waals surface area contributed by atoms with Gasteiger partial charge in [-0.15, -0.1) is 0 Å². The predicted molar refractivity (Wildman–Crippen MR) is 91.3 cm³/mol. The number of halogens is 2. The van der Waals surface area contributed by atoms with E-state index in [0.29, 0.717) is 15.9 Å². The van der Waals surface area contributed by atoms with Crippen LogP contribution in [-0.4, -0.2) is 12.4 Å². The fraction of sp³-hybridized carbons (Fsp3) is 0.0588. The first-order valence-electron chi connectivity index (χ1n) is 6.85. The van der Waals surface area contributed by atoms with Crippen LogP contribution < -0.4 is 0 Å². The van der Waals surface area contributed by atoms with Crippen LogP contribution in [-0.2, 0) is 10.0 Å². The molecule has 23 heavy (non-hydrogen) atoms. The SMILES string of the molecule is Cc1ccc(S(=O)(=O)n2c(Br)ccc2-c2ccc(F)cc2)cc1. The molecule has 2 aromatic carbocycles. The Labute approximate surface area is 142 Å². The van der Waals surface area contributed by atoms with Crippen LogP contribution >= 0.6 is 15.9 Å². The molecule has 0 aliphatic carbocycles. The molecular weight excluding hydrogens is 381 g/mol. The van der Waals surface area contributed by atoms with E-state index in [1.165, 1.54) is 16.1 Å². The van der Waals surface area contributed by atoms with E-state index in [-0.39, 0.29) is 10.7 Å². The Morgan fingerprint density at radius 3 is 2.13 bits per heavy atom. The van der Waals surface area contributed by atoms with E-state index in [1.807, 2.05) is 6.92 Å². The van der Waals surface area contributed by atoms with Crippen molar-refractivity contribution in [3.05, 3.63) is 76.6 Å². The summed E-state index contributed by atoms with van der Waals surface area (Å²) in [5, 5.41) is 0. The van der Waals surface area contributed by atoms with Crippen molar-refractivity contribution in [1.29, 1.82) is 0 Å². The van der Waals surface area contributed by atoms with Gasteiger partial charge in [-0.05, 0) is 76.9 Å². The van der Waals surface area contributed by atoms with Gasteiger partial charge >= 0.3 is 0 Å². The highest BCUT2D eigenvalue weighted by Crippen LogP contribution is 2.30. The van der Waals surface area contributed by atoms with E-state index in [0.717, 1.165) is 5.56 Å². The molecule has 0 fully saturated rings. The third-order valence-corrected chi connectivity index (χ3v) is 6.09. The second-order valence-electron chi connectivity index (χ2n) is 5.13. The second kappa shape index (κ2) is 5.94. The minimum absolute atomic E-state index is 0.198. The lowest BCUT2D eigenvalue weighted by molar-refractivity contribution is 0.587. The molecule has 0 atom stereocenters. The Kier molecular flexibility index (Phi) is 4.12. The van der Waals surface area contributed by atoms with Gasteiger partial charge in [-0.25, -0.2) is 16.8 Å². The van der Waals surface area contributed by atoms with Gasteiger partial charge in [0.05, 0.1) is 10.6 Å². The molecule has 1 aromatic heterocycles. The van der Waals surface area contributed by atoms with Crippen molar-refractivity contribution in [3.8, 4) is 11.3 Å². The first-order chi connectivity index (χ1) is 10.9. The van der Waals surface area contributed by atoms with Crippen LogP contribution in [0.25, 0.3) is 11.3 Å². The minimum Gasteiger partial charge on any atom is -0.227 e. The zero-order valence-electron chi connectivity index (χ0n) is 12.2. The maximum atomic E-state index is 13.1. The van der Waals surface area contributed by atoms with Crippen molar-refractivity contribution in [1.82, 2.24) is 3.97 Å². The standard InChI is InChI=1S/C17H13BrFNO2S/c1-12-2-8-15(9-3-12)23(21,22)20-16(10-11-17(20)18)13-4-6-14(19)7-5-13/h2-11H,1H3. The van der Waals surface area contributed by atoms with E-state index in [4.69, 9.17) is 0 Å². The van der Waals surface area contributed by atoms with Crippen LogP contribution in [0.4, 0.5) is 4.39 Å². The molecule has 0 spiro atoms. The number of aryl methyl sites for hydroxylation is 1. The fourth-order valence-electron chi connectivity index (χ4n) is 2.29. The molecule has 3 rings (SSSR count). The van der Waals surface area contributed by atoms with Gasteiger partial charge < -0.3 is 0 Å². The maximum Gasteiger partial charge on any atom is 0.269 e. The molecule has 3 aromatic rings. The van der Waals surface area contributed by atoms with Crippen molar-refractivity contribution in [2.24, 2.45) is 0 Å². The van der Waals surface area contributed by atoms with E-state index in [1.54, 1.807) is 48.5 Å². The summed E-state index contributed by atoms with van der Waals surface area (Å²) < 4.78 is 40.6. The molecule has 0 N–H and O–H groups in total. The van der Waals surface area contributed by atoms with Crippen molar-refractivity contribution < 1.29 is 12.8 Å². The molecule has 118 valence electrons. The molecule has 1 heterocycles. The Hall–Kier alpha value is -1.92. The lowest BCUT2D eigenvalue weighted by Gasteiger charge is -2.12. The molecular formula is C17H13BrFNO2S. The molecule has 3 nitrogen and oxygen atoms in total. The highest BCUT2D eigenvalue weighted by atomic mass is 79.9. The number of hydrogen-bond acceptors (Lipinski definition) is 2. The molecule has 0 aliphatic heterocycles. The zero-order chi connectivity index (χ0) is 16.6. The minimum atomic E-state index is -3.76. The van der Waals surface area contributed by atoms with Gasteiger partial charge in [0.2, 0.25) is 0 Å². The Morgan fingerprint density at radius 1 is 0.913 bits per heavy atom. The Bertz CT molecular complexity index is 945. The predicted octanol–water partition coefficient (Wildman–Crippen LogP) is 4.60. The van der Waals surface area contributed by atoms with Crippen LogP contribution in [0.1, 0.15) is 5.56 Å². The molecule has 0 saturated carbocycles. The van der Waals surface area contributed by atoms with Crippen LogP contribution in [0.5, 0.6) is 0 Å². The van der Waals surface area contributed by atoms with Gasteiger partial charge in [0.1, 0.15) is 10.4 Å². The number of rotatable bonds is 3. The van der Waals surface area contributed by atoms with Crippen molar-refractivity contribution in [3.63, 3.8) is 0 Å².